The summed E-state index contributed by atoms with van der Waals surface area (Å²) in [5.74, 6) is 0.568. The summed E-state index contributed by atoms with van der Waals surface area (Å²) in [4.78, 5) is 30.0. The molecule has 37 heavy (non-hydrogen) atoms. The monoisotopic (exact) mass is 531 g/mol. The van der Waals surface area contributed by atoms with Crippen molar-refractivity contribution in [2.75, 3.05) is 49.7 Å². The van der Waals surface area contributed by atoms with Crippen molar-refractivity contribution in [1.82, 2.24) is 14.9 Å². The SMILES string of the molecule is CN(CCCCCCNCCCCCC(=O)OCC1OC(n2ccc(N)nc2=O)CS1)c1ccccc1. The second kappa shape index (κ2) is 16.3. The molecule has 0 radical (unpaired) electrons. The van der Waals surface area contributed by atoms with E-state index in [4.69, 9.17) is 15.2 Å². The summed E-state index contributed by atoms with van der Waals surface area (Å²) < 4.78 is 12.6. The van der Waals surface area contributed by atoms with E-state index < -0.39 is 11.9 Å². The molecule has 1 fully saturated rings. The first-order valence-corrected chi connectivity index (χ1v) is 14.3. The minimum Gasteiger partial charge on any atom is -0.462 e. The van der Waals surface area contributed by atoms with E-state index in [-0.39, 0.29) is 23.8 Å². The predicted octanol–water partition coefficient (Wildman–Crippen LogP) is 3.80. The molecule has 0 aliphatic carbocycles. The van der Waals surface area contributed by atoms with Crippen molar-refractivity contribution >= 4 is 29.2 Å². The number of ether oxygens (including phenoxy) is 2. The van der Waals surface area contributed by atoms with E-state index >= 15 is 0 Å². The summed E-state index contributed by atoms with van der Waals surface area (Å²) in [5.41, 5.74) is 6.07. The lowest BCUT2D eigenvalue weighted by Crippen LogP contribution is -2.29. The smallest absolute Gasteiger partial charge is 0.351 e. The summed E-state index contributed by atoms with van der Waals surface area (Å²) >= 11 is 1.52. The third kappa shape index (κ3) is 10.8. The van der Waals surface area contributed by atoms with E-state index in [1.165, 1.54) is 47.7 Å². The van der Waals surface area contributed by atoms with Gasteiger partial charge in [0, 0.05) is 37.7 Å². The number of esters is 1. The van der Waals surface area contributed by atoms with Crippen LogP contribution in [0.1, 0.15) is 57.6 Å². The number of unbranched alkanes of at least 4 members (excludes halogenated alkanes) is 5. The molecule has 1 aromatic carbocycles. The molecule has 2 atom stereocenters. The number of aromatic nitrogens is 2. The first kappa shape index (κ1) is 29.0. The minimum absolute atomic E-state index is 0.182. The Morgan fingerprint density at radius 1 is 1.14 bits per heavy atom. The van der Waals surface area contributed by atoms with Crippen molar-refractivity contribution in [1.29, 1.82) is 0 Å². The number of nitrogens with one attached hydrogen (secondary N) is 1. The maximum atomic E-state index is 12.0. The largest absolute Gasteiger partial charge is 0.462 e. The molecule has 1 saturated heterocycles. The fraction of sp³-hybridized carbons (Fsp3) is 0.593. The van der Waals surface area contributed by atoms with E-state index in [0.29, 0.717) is 12.2 Å². The van der Waals surface area contributed by atoms with E-state index in [1.54, 1.807) is 12.3 Å². The maximum Gasteiger partial charge on any atom is 0.351 e. The highest BCUT2D eigenvalue weighted by molar-refractivity contribution is 8.00. The average molecular weight is 532 g/mol. The first-order valence-electron chi connectivity index (χ1n) is 13.3. The quantitative estimate of drug-likeness (QED) is 0.232. The lowest BCUT2D eigenvalue weighted by Gasteiger charge is -2.18. The van der Waals surface area contributed by atoms with Crippen molar-refractivity contribution in [2.45, 2.75) is 63.0 Å². The first-order chi connectivity index (χ1) is 18.0. The Bertz CT molecular complexity index is 990. The van der Waals surface area contributed by atoms with Crippen molar-refractivity contribution in [3.63, 3.8) is 0 Å². The van der Waals surface area contributed by atoms with Crippen LogP contribution in [0.15, 0.2) is 47.4 Å². The summed E-state index contributed by atoms with van der Waals surface area (Å²) in [6.45, 7) is 3.31. The predicted molar refractivity (Wildman–Crippen MR) is 150 cm³/mol. The van der Waals surface area contributed by atoms with Gasteiger partial charge in [-0.15, -0.1) is 11.8 Å². The third-order valence-corrected chi connectivity index (χ3v) is 7.40. The Hall–Kier alpha value is -2.56. The molecule has 2 heterocycles. The molecule has 0 amide bonds. The molecular formula is C27H41N5O4S. The molecule has 3 rings (SSSR count). The van der Waals surface area contributed by atoms with Crippen molar-refractivity contribution in [2.24, 2.45) is 0 Å². The molecule has 0 saturated carbocycles. The van der Waals surface area contributed by atoms with E-state index in [9.17, 15) is 9.59 Å². The molecule has 9 nitrogen and oxygen atoms in total. The second-order valence-corrected chi connectivity index (χ2v) is 10.5. The Kier molecular flexibility index (Phi) is 12.8. The fourth-order valence-electron chi connectivity index (χ4n) is 4.14. The third-order valence-electron chi connectivity index (χ3n) is 6.30. The van der Waals surface area contributed by atoms with Crippen LogP contribution >= 0.6 is 11.8 Å². The number of hydrogen-bond acceptors (Lipinski definition) is 9. The van der Waals surface area contributed by atoms with Crippen LogP contribution in [0, 0.1) is 0 Å². The normalized spacial score (nSPS) is 17.1. The number of hydrogen-bond donors (Lipinski definition) is 2. The summed E-state index contributed by atoms with van der Waals surface area (Å²) in [7, 11) is 2.15. The molecule has 0 spiro atoms. The summed E-state index contributed by atoms with van der Waals surface area (Å²) in [6.07, 6.45) is 9.36. The van der Waals surface area contributed by atoms with Gasteiger partial charge < -0.3 is 25.4 Å². The van der Waals surface area contributed by atoms with Gasteiger partial charge in [0.25, 0.3) is 0 Å². The number of nitrogens with zero attached hydrogens (tertiary/aromatic N) is 3. The van der Waals surface area contributed by atoms with Gasteiger partial charge in [-0.2, -0.15) is 4.98 Å². The molecule has 2 aromatic rings. The Morgan fingerprint density at radius 3 is 2.62 bits per heavy atom. The summed E-state index contributed by atoms with van der Waals surface area (Å²) in [5, 5.41) is 3.50. The second-order valence-electron chi connectivity index (χ2n) is 9.31. The van der Waals surface area contributed by atoms with Crippen LogP contribution < -0.4 is 21.6 Å². The van der Waals surface area contributed by atoms with E-state index in [1.807, 2.05) is 0 Å². The van der Waals surface area contributed by atoms with Crippen molar-refractivity contribution in [3.05, 3.63) is 53.1 Å². The van der Waals surface area contributed by atoms with Crippen LogP contribution in [-0.4, -0.2) is 60.0 Å². The van der Waals surface area contributed by atoms with Gasteiger partial charge in [-0.1, -0.05) is 37.5 Å². The molecule has 204 valence electrons. The van der Waals surface area contributed by atoms with Gasteiger partial charge in [-0.05, 0) is 57.0 Å². The number of nitrogen functional groups attached to an aromatic ring is 1. The van der Waals surface area contributed by atoms with Gasteiger partial charge in [0.1, 0.15) is 24.1 Å². The number of nitrogens with two attached hydrogens (primary N) is 1. The number of rotatable bonds is 17. The lowest BCUT2D eigenvalue weighted by atomic mass is 10.1. The highest BCUT2D eigenvalue weighted by Gasteiger charge is 2.29. The summed E-state index contributed by atoms with van der Waals surface area (Å²) in [6, 6.07) is 12.1. The molecule has 10 heteroatoms. The number of para-hydroxylation sites is 1. The molecule has 3 N–H and O–H groups in total. The van der Waals surface area contributed by atoms with Crippen LogP contribution in [-0.2, 0) is 14.3 Å². The lowest BCUT2D eigenvalue weighted by molar-refractivity contribution is -0.147. The van der Waals surface area contributed by atoms with Crippen molar-refractivity contribution < 1.29 is 14.3 Å². The number of thioether (sulfide) groups is 1. The van der Waals surface area contributed by atoms with Gasteiger partial charge in [-0.3, -0.25) is 9.36 Å². The molecule has 1 aliphatic heterocycles. The zero-order valence-corrected chi connectivity index (χ0v) is 22.7. The van der Waals surface area contributed by atoms with Gasteiger partial charge in [0.05, 0.1) is 0 Å². The molecule has 1 aliphatic rings. The van der Waals surface area contributed by atoms with Crippen molar-refractivity contribution in [3.8, 4) is 0 Å². The highest BCUT2D eigenvalue weighted by atomic mass is 32.2. The van der Waals surface area contributed by atoms with Crippen LogP contribution in [0.2, 0.25) is 0 Å². The van der Waals surface area contributed by atoms with Crippen LogP contribution in [0.5, 0.6) is 0 Å². The number of benzene rings is 1. The van der Waals surface area contributed by atoms with E-state index in [2.05, 4.69) is 52.6 Å². The topological polar surface area (TPSA) is 112 Å². The van der Waals surface area contributed by atoms with Gasteiger partial charge in [0.15, 0.2) is 0 Å². The zero-order chi connectivity index (χ0) is 26.3. The van der Waals surface area contributed by atoms with Crippen LogP contribution in [0.25, 0.3) is 0 Å². The minimum atomic E-state index is -0.444. The van der Waals surface area contributed by atoms with E-state index in [0.717, 1.165) is 38.9 Å². The molecule has 1 aromatic heterocycles. The number of carbonyl (C=O) groups is 1. The van der Waals surface area contributed by atoms with Crippen LogP contribution in [0.4, 0.5) is 11.5 Å². The fourth-order valence-corrected chi connectivity index (χ4v) is 5.13. The molecule has 0 bridgehead atoms. The number of anilines is 2. The standard InChI is InChI=1S/C27H41N5O4S/c1-31(22-12-6-4-7-13-22)18-11-3-2-9-16-29-17-10-5-8-14-25(33)35-20-26-36-24(21-37-26)32-19-15-23(28)30-27(32)34/h4,6-7,12-13,15,19,24,26,29H,2-3,5,8-11,14,16-18,20-21H2,1H3,(H2,28,30,34). The maximum absolute atomic E-state index is 12.0. The molecule has 2 unspecified atom stereocenters. The highest BCUT2D eigenvalue weighted by Crippen LogP contribution is 2.31. The zero-order valence-electron chi connectivity index (χ0n) is 21.8. The number of carbonyl (C=O) groups excluding carboxylic acids is 1. The van der Waals surface area contributed by atoms with Gasteiger partial charge in [-0.25, -0.2) is 4.79 Å². The Morgan fingerprint density at radius 2 is 1.86 bits per heavy atom. The molecular weight excluding hydrogens is 490 g/mol. The van der Waals surface area contributed by atoms with Gasteiger partial charge >= 0.3 is 11.7 Å². The Labute approximate surface area is 224 Å². The van der Waals surface area contributed by atoms with Crippen LogP contribution in [0.3, 0.4) is 0 Å². The van der Waals surface area contributed by atoms with Gasteiger partial charge in [0.2, 0.25) is 0 Å². The Balaban J connectivity index is 1.11. The average Bonchev–Trinajstić information content (AvgIpc) is 3.37.